The second-order valence-electron chi connectivity index (χ2n) is 8.59. The minimum absolute atomic E-state index is 0.256. The highest BCUT2D eigenvalue weighted by molar-refractivity contribution is 6.37. The molecule has 0 spiro atoms. The molecule has 1 aliphatic rings. The second kappa shape index (κ2) is 9.11. The molecule has 0 unspecified atom stereocenters. The first-order valence-electron chi connectivity index (χ1n) is 11.0. The Bertz CT molecular complexity index is 1290. The molecule has 3 aromatic carbocycles. The first-order valence-corrected chi connectivity index (χ1v) is 11.0. The number of amides is 1. The first-order chi connectivity index (χ1) is 16.2. The third-order valence-electron chi connectivity index (χ3n) is 5.52. The van der Waals surface area contributed by atoms with Crippen molar-refractivity contribution in [2.45, 2.75) is 26.3 Å². The quantitative estimate of drug-likeness (QED) is 0.351. The van der Waals surface area contributed by atoms with Crippen LogP contribution >= 0.6 is 0 Å². The molecule has 1 amide bonds. The van der Waals surface area contributed by atoms with Gasteiger partial charge in [0.2, 0.25) is 0 Å². The molecule has 174 valence electrons. The molecule has 6 nitrogen and oxygen atoms in total. The van der Waals surface area contributed by atoms with Gasteiger partial charge in [0.1, 0.15) is 5.82 Å². The average molecular weight is 460 g/mol. The zero-order valence-electron chi connectivity index (χ0n) is 19.2. The van der Waals surface area contributed by atoms with Gasteiger partial charge in [-0.2, -0.15) is 0 Å². The van der Waals surface area contributed by atoms with Gasteiger partial charge in [-0.15, -0.1) is 0 Å². The van der Waals surface area contributed by atoms with E-state index in [9.17, 15) is 14.0 Å². The van der Waals surface area contributed by atoms with Crippen LogP contribution in [0.1, 0.15) is 47.8 Å². The highest BCUT2D eigenvalue weighted by Gasteiger charge is 2.29. The number of halogens is 1. The minimum Gasteiger partial charge on any atom is -0.462 e. The first kappa shape index (κ1) is 23.2. The lowest BCUT2D eigenvalue weighted by Gasteiger charge is -2.21. The molecule has 0 aromatic heterocycles. The molecule has 0 fully saturated rings. The van der Waals surface area contributed by atoms with Crippen LogP contribution in [0.4, 0.5) is 15.8 Å². The molecule has 4 N–H and O–H groups in total. The van der Waals surface area contributed by atoms with Crippen LogP contribution in [0.3, 0.4) is 0 Å². The highest BCUT2D eigenvalue weighted by Crippen LogP contribution is 2.38. The van der Waals surface area contributed by atoms with E-state index in [-0.39, 0.29) is 12.5 Å². The molecule has 3 aromatic rings. The lowest BCUT2D eigenvalue weighted by atomic mass is 9.94. The number of nitrogens with two attached hydrogens (primary N) is 1. The summed E-state index contributed by atoms with van der Waals surface area (Å²) in [6, 6.07) is 19.0. The summed E-state index contributed by atoms with van der Waals surface area (Å²) in [5, 5.41) is 6.06. The second-order valence-corrected chi connectivity index (χ2v) is 8.59. The van der Waals surface area contributed by atoms with Crippen molar-refractivity contribution < 1.29 is 18.7 Å². The van der Waals surface area contributed by atoms with Crippen molar-refractivity contribution in [3.63, 3.8) is 0 Å². The van der Waals surface area contributed by atoms with Crippen molar-refractivity contribution in [1.29, 1.82) is 0 Å². The van der Waals surface area contributed by atoms with Gasteiger partial charge in [0.15, 0.2) is 0 Å². The van der Waals surface area contributed by atoms with E-state index in [1.54, 1.807) is 51.1 Å². The molecule has 1 aliphatic heterocycles. The fourth-order valence-corrected chi connectivity index (χ4v) is 3.91. The standard InChI is InChI=1S/C27H26FN3O3/c1-4-34-26(33)17-10-12-19-22(14-17)31-25(32)23(19)24(16-8-6-5-7-9-16)30-18-11-13-20(21(28)15-18)27(2,3)29/h5-15,30H,4,29H2,1-3H3,(H,31,32). The maximum Gasteiger partial charge on any atom is 0.338 e. The fourth-order valence-electron chi connectivity index (χ4n) is 3.91. The van der Waals surface area contributed by atoms with E-state index in [0.717, 1.165) is 5.56 Å². The van der Waals surface area contributed by atoms with E-state index in [0.29, 0.717) is 39.3 Å². The zero-order valence-corrected chi connectivity index (χ0v) is 19.2. The summed E-state index contributed by atoms with van der Waals surface area (Å²) in [6.45, 7) is 5.46. The van der Waals surface area contributed by atoms with Crippen LogP contribution < -0.4 is 16.4 Å². The van der Waals surface area contributed by atoms with Crippen molar-refractivity contribution in [3.05, 3.63) is 94.8 Å². The molecule has 0 atom stereocenters. The number of carbonyl (C=O) groups excluding carboxylic acids is 2. The van der Waals surface area contributed by atoms with Crippen LogP contribution in [0.2, 0.25) is 0 Å². The normalized spacial score (nSPS) is 14.3. The van der Waals surface area contributed by atoms with Crippen LogP contribution in [0, 0.1) is 5.82 Å². The van der Waals surface area contributed by atoms with Crippen LogP contribution in [0.25, 0.3) is 11.3 Å². The van der Waals surface area contributed by atoms with Crippen molar-refractivity contribution >= 4 is 34.5 Å². The van der Waals surface area contributed by atoms with Crippen LogP contribution in [-0.4, -0.2) is 18.5 Å². The Balaban J connectivity index is 1.82. The molecule has 1 heterocycles. The largest absolute Gasteiger partial charge is 0.462 e. The number of hydrogen-bond donors (Lipinski definition) is 3. The summed E-state index contributed by atoms with van der Waals surface area (Å²) >= 11 is 0. The number of fused-ring (bicyclic) bond motifs is 1. The number of hydrogen-bond acceptors (Lipinski definition) is 5. The molecule has 0 aliphatic carbocycles. The average Bonchev–Trinajstić information content (AvgIpc) is 3.12. The van der Waals surface area contributed by atoms with Gasteiger partial charge in [0, 0.05) is 22.4 Å². The Morgan fingerprint density at radius 2 is 1.79 bits per heavy atom. The van der Waals surface area contributed by atoms with Gasteiger partial charge >= 0.3 is 5.97 Å². The number of nitrogens with one attached hydrogen (secondary N) is 2. The Labute approximate surface area is 197 Å². The highest BCUT2D eigenvalue weighted by atomic mass is 19.1. The maximum atomic E-state index is 14.8. The molecule has 0 bridgehead atoms. The Hall–Kier alpha value is -3.97. The lowest BCUT2D eigenvalue weighted by molar-refractivity contribution is -0.110. The summed E-state index contributed by atoms with van der Waals surface area (Å²) in [5.74, 6) is -1.23. The van der Waals surface area contributed by atoms with Gasteiger partial charge < -0.3 is 21.1 Å². The number of rotatable bonds is 6. The SMILES string of the molecule is CCOC(=O)c1ccc2c(c1)NC(=O)C2=C(Nc1ccc(C(C)(C)N)c(F)c1)c1ccccc1. The van der Waals surface area contributed by atoms with E-state index in [2.05, 4.69) is 10.6 Å². The molecule has 0 radical (unpaired) electrons. The third kappa shape index (κ3) is 4.56. The predicted octanol–water partition coefficient (Wildman–Crippen LogP) is 5.13. The molecule has 34 heavy (non-hydrogen) atoms. The molecular weight excluding hydrogens is 433 g/mol. The number of anilines is 2. The molecule has 0 saturated carbocycles. The summed E-state index contributed by atoms with van der Waals surface area (Å²) in [5.41, 5.74) is 9.24. The zero-order chi connectivity index (χ0) is 24.5. The minimum atomic E-state index is -0.829. The van der Waals surface area contributed by atoms with Crippen LogP contribution in [-0.2, 0) is 15.1 Å². The summed E-state index contributed by atoms with van der Waals surface area (Å²) in [7, 11) is 0. The number of esters is 1. The predicted molar refractivity (Wildman–Crippen MR) is 132 cm³/mol. The lowest BCUT2D eigenvalue weighted by Crippen LogP contribution is -2.29. The monoisotopic (exact) mass is 459 g/mol. The van der Waals surface area contributed by atoms with Gasteiger partial charge in [0.05, 0.1) is 29.1 Å². The van der Waals surface area contributed by atoms with Gasteiger partial charge in [-0.25, -0.2) is 9.18 Å². The van der Waals surface area contributed by atoms with Crippen molar-refractivity contribution in [2.75, 3.05) is 17.2 Å². The number of benzene rings is 3. The maximum absolute atomic E-state index is 14.8. The van der Waals surface area contributed by atoms with E-state index in [1.165, 1.54) is 6.07 Å². The Morgan fingerprint density at radius 3 is 2.44 bits per heavy atom. The smallest absolute Gasteiger partial charge is 0.338 e. The Morgan fingerprint density at radius 1 is 1.06 bits per heavy atom. The van der Waals surface area contributed by atoms with Gasteiger partial charge in [-0.05, 0) is 50.6 Å². The van der Waals surface area contributed by atoms with Crippen molar-refractivity contribution in [3.8, 4) is 0 Å². The van der Waals surface area contributed by atoms with Crippen molar-refractivity contribution in [2.24, 2.45) is 5.73 Å². The molecule has 4 rings (SSSR count). The van der Waals surface area contributed by atoms with E-state index in [4.69, 9.17) is 10.5 Å². The van der Waals surface area contributed by atoms with Crippen LogP contribution in [0.5, 0.6) is 0 Å². The van der Waals surface area contributed by atoms with E-state index < -0.39 is 17.3 Å². The molecule has 0 saturated heterocycles. The van der Waals surface area contributed by atoms with Crippen molar-refractivity contribution in [1.82, 2.24) is 0 Å². The van der Waals surface area contributed by atoms with Gasteiger partial charge in [-0.1, -0.05) is 42.5 Å². The summed E-state index contributed by atoms with van der Waals surface area (Å²) < 4.78 is 19.9. The summed E-state index contributed by atoms with van der Waals surface area (Å²) in [4.78, 5) is 25.2. The fraction of sp³-hybridized carbons (Fsp3) is 0.185. The number of carbonyl (C=O) groups is 2. The third-order valence-corrected chi connectivity index (χ3v) is 5.52. The number of ether oxygens (including phenoxy) is 1. The van der Waals surface area contributed by atoms with Gasteiger partial charge in [0.25, 0.3) is 5.91 Å². The topological polar surface area (TPSA) is 93.4 Å². The summed E-state index contributed by atoms with van der Waals surface area (Å²) in [6.07, 6.45) is 0. The van der Waals surface area contributed by atoms with E-state index >= 15 is 0 Å². The van der Waals surface area contributed by atoms with E-state index in [1.807, 2.05) is 30.3 Å². The molecular formula is C27H26FN3O3. The van der Waals surface area contributed by atoms with Gasteiger partial charge in [-0.3, -0.25) is 4.79 Å². The molecule has 7 heteroatoms. The van der Waals surface area contributed by atoms with Crippen LogP contribution in [0.15, 0.2) is 66.7 Å². The Kier molecular flexibility index (Phi) is 6.22.